The highest BCUT2D eigenvalue weighted by Gasteiger charge is 2.16. The third-order valence-electron chi connectivity index (χ3n) is 3.27. The Morgan fingerprint density at radius 2 is 2.28 bits per heavy atom. The number of guanidine groups is 1. The number of nitrogens with two attached hydrogens (primary N) is 1. The van der Waals surface area contributed by atoms with E-state index in [4.69, 9.17) is 5.73 Å². The number of rotatable bonds is 5. The first-order chi connectivity index (χ1) is 8.74. The first-order valence-corrected chi connectivity index (χ1v) is 6.55. The van der Waals surface area contributed by atoms with Crippen molar-refractivity contribution in [1.29, 1.82) is 0 Å². The fourth-order valence-electron chi connectivity index (χ4n) is 1.83. The number of nitrogens with zero attached hydrogens (tertiary/aromatic N) is 3. The molecule has 5 nitrogen and oxygen atoms in total. The molecule has 0 atom stereocenters. The Morgan fingerprint density at radius 1 is 1.44 bits per heavy atom. The summed E-state index contributed by atoms with van der Waals surface area (Å²) in [5.41, 5.74) is 7.70. The maximum atomic E-state index is 5.79. The molecule has 5 heteroatoms. The van der Waals surface area contributed by atoms with Crippen LogP contribution in [0.5, 0.6) is 0 Å². The minimum Gasteiger partial charge on any atom is -0.370 e. The number of hydrogen-bond donors (Lipinski definition) is 2. The zero-order chi connectivity index (χ0) is 12.8. The third kappa shape index (κ3) is 3.98. The van der Waals surface area contributed by atoms with E-state index < -0.39 is 0 Å². The van der Waals surface area contributed by atoms with Gasteiger partial charge in [-0.1, -0.05) is 6.42 Å². The van der Waals surface area contributed by atoms with Crippen molar-refractivity contribution >= 4 is 5.96 Å². The smallest absolute Gasteiger partial charge is 0.188 e. The molecule has 0 bridgehead atoms. The van der Waals surface area contributed by atoms with Crippen molar-refractivity contribution in [2.45, 2.75) is 32.6 Å². The van der Waals surface area contributed by atoms with Crippen LogP contribution in [0.1, 0.15) is 30.7 Å². The van der Waals surface area contributed by atoms with E-state index in [0.717, 1.165) is 36.8 Å². The molecule has 1 aromatic heterocycles. The molecule has 0 amide bonds. The molecule has 18 heavy (non-hydrogen) atoms. The topological polar surface area (TPSA) is 76.2 Å². The fraction of sp³-hybridized carbons (Fsp3) is 0.615. The highest BCUT2D eigenvalue weighted by molar-refractivity contribution is 5.77. The van der Waals surface area contributed by atoms with Crippen LogP contribution in [-0.2, 0) is 6.42 Å². The minimum absolute atomic E-state index is 0.543. The molecule has 2 rings (SSSR count). The Balaban J connectivity index is 1.66. The number of aryl methyl sites for hydroxylation is 1. The summed E-state index contributed by atoms with van der Waals surface area (Å²) in [5, 5.41) is 3.11. The maximum Gasteiger partial charge on any atom is 0.188 e. The first kappa shape index (κ1) is 12.8. The Hall–Kier alpha value is -1.65. The van der Waals surface area contributed by atoms with Crippen molar-refractivity contribution in [1.82, 2.24) is 15.3 Å². The number of aromatic nitrogens is 2. The lowest BCUT2D eigenvalue weighted by Crippen LogP contribution is -2.34. The van der Waals surface area contributed by atoms with Crippen molar-refractivity contribution in [2.75, 3.05) is 13.1 Å². The van der Waals surface area contributed by atoms with Crippen LogP contribution in [0.3, 0.4) is 0 Å². The lowest BCUT2D eigenvalue weighted by molar-refractivity contribution is 0.326. The Labute approximate surface area is 108 Å². The van der Waals surface area contributed by atoms with Gasteiger partial charge in [0.2, 0.25) is 0 Å². The summed E-state index contributed by atoms with van der Waals surface area (Å²) in [6.07, 6.45) is 8.35. The summed E-state index contributed by atoms with van der Waals surface area (Å²) in [5.74, 6) is 1.30. The summed E-state index contributed by atoms with van der Waals surface area (Å²) in [6, 6.07) is 0. The fourth-order valence-corrected chi connectivity index (χ4v) is 1.83. The monoisotopic (exact) mass is 247 g/mol. The van der Waals surface area contributed by atoms with Gasteiger partial charge in [-0.2, -0.15) is 0 Å². The molecule has 1 saturated carbocycles. The van der Waals surface area contributed by atoms with Crippen LogP contribution in [0.2, 0.25) is 0 Å². The second-order valence-electron chi connectivity index (χ2n) is 4.85. The maximum absolute atomic E-state index is 5.79. The van der Waals surface area contributed by atoms with Crippen molar-refractivity contribution in [3.63, 3.8) is 0 Å². The van der Waals surface area contributed by atoms with Gasteiger partial charge in [-0.05, 0) is 25.7 Å². The van der Waals surface area contributed by atoms with Gasteiger partial charge >= 0.3 is 0 Å². The molecule has 3 N–H and O–H groups in total. The zero-order valence-corrected chi connectivity index (χ0v) is 10.9. The molecule has 0 spiro atoms. The van der Waals surface area contributed by atoms with E-state index in [1.165, 1.54) is 19.3 Å². The average Bonchev–Trinajstić information content (AvgIpc) is 2.30. The second-order valence-corrected chi connectivity index (χ2v) is 4.85. The van der Waals surface area contributed by atoms with Gasteiger partial charge in [0.25, 0.3) is 0 Å². The molecule has 98 valence electrons. The average molecular weight is 247 g/mol. The second kappa shape index (κ2) is 6.33. The summed E-state index contributed by atoms with van der Waals surface area (Å²) >= 11 is 0. The number of hydrogen-bond acceptors (Lipinski definition) is 3. The van der Waals surface area contributed by atoms with Crippen molar-refractivity contribution in [3.8, 4) is 0 Å². The van der Waals surface area contributed by atoms with Crippen LogP contribution in [-0.4, -0.2) is 29.0 Å². The van der Waals surface area contributed by atoms with Crippen LogP contribution < -0.4 is 11.1 Å². The van der Waals surface area contributed by atoms with Gasteiger partial charge in [0.1, 0.15) is 0 Å². The molecule has 1 aliphatic rings. The highest BCUT2D eigenvalue weighted by atomic mass is 15.1. The van der Waals surface area contributed by atoms with Crippen molar-refractivity contribution < 1.29 is 0 Å². The number of nitrogens with one attached hydrogen (secondary N) is 1. The summed E-state index contributed by atoms with van der Waals surface area (Å²) < 4.78 is 0. The Bertz CT molecular complexity index is 394. The predicted molar refractivity (Wildman–Crippen MR) is 72.3 cm³/mol. The quantitative estimate of drug-likeness (QED) is 0.602. The van der Waals surface area contributed by atoms with E-state index in [9.17, 15) is 0 Å². The molecule has 0 aliphatic heterocycles. The van der Waals surface area contributed by atoms with Gasteiger partial charge < -0.3 is 11.1 Å². The van der Waals surface area contributed by atoms with E-state index >= 15 is 0 Å². The zero-order valence-electron chi connectivity index (χ0n) is 10.9. The van der Waals surface area contributed by atoms with Crippen molar-refractivity contribution in [2.24, 2.45) is 16.6 Å². The van der Waals surface area contributed by atoms with Gasteiger partial charge in [-0.15, -0.1) is 0 Å². The molecule has 0 radical (unpaired) electrons. The highest BCUT2D eigenvalue weighted by Crippen LogP contribution is 2.26. The molecule has 1 aliphatic carbocycles. The SMILES string of the molecule is Cc1cnc(CCNC(N)=NCC2CCC2)cn1. The van der Waals surface area contributed by atoms with Crippen LogP contribution in [0, 0.1) is 12.8 Å². The van der Waals surface area contributed by atoms with Gasteiger partial charge in [0.05, 0.1) is 11.4 Å². The van der Waals surface area contributed by atoms with Crippen LogP contribution in [0.4, 0.5) is 0 Å². The Kier molecular flexibility index (Phi) is 4.50. The van der Waals surface area contributed by atoms with Crippen LogP contribution in [0.25, 0.3) is 0 Å². The minimum atomic E-state index is 0.543. The molecule has 0 unspecified atom stereocenters. The normalized spacial score (nSPS) is 16.4. The van der Waals surface area contributed by atoms with Gasteiger partial charge in [-0.3, -0.25) is 15.0 Å². The van der Waals surface area contributed by atoms with Crippen LogP contribution in [0.15, 0.2) is 17.4 Å². The van der Waals surface area contributed by atoms with E-state index in [1.807, 2.05) is 6.92 Å². The predicted octanol–water partition coefficient (Wildman–Crippen LogP) is 1.03. The standard InChI is InChI=1S/C13H21N5/c1-10-7-17-12(9-16-10)5-6-15-13(14)18-8-11-3-2-4-11/h7,9,11H,2-6,8H2,1H3,(H3,14,15,18). The molecule has 1 aromatic rings. The number of aliphatic imine (C=N–C) groups is 1. The van der Waals surface area contributed by atoms with Gasteiger partial charge in [0, 0.05) is 31.9 Å². The van der Waals surface area contributed by atoms with E-state index in [-0.39, 0.29) is 0 Å². The van der Waals surface area contributed by atoms with E-state index in [2.05, 4.69) is 20.3 Å². The lowest BCUT2D eigenvalue weighted by atomic mass is 9.86. The summed E-state index contributed by atoms with van der Waals surface area (Å²) in [6.45, 7) is 3.54. The molecular formula is C13H21N5. The van der Waals surface area contributed by atoms with Gasteiger partial charge in [-0.25, -0.2) is 0 Å². The van der Waals surface area contributed by atoms with E-state index in [0.29, 0.717) is 5.96 Å². The molecule has 0 saturated heterocycles. The van der Waals surface area contributed by atoms with Gasteiger partial charge in [0.15, 0.2) is 5.96 Å². The van der Waals surface area contributed by atoms with Crippen LogP contribution >= 0.6 is 0 Å². The molecular weight excluding hydrogens is 226 g/mol. The third-order valence-corrected chi connectivity index (χ3v) is 3.27. The summed E-state index contributed by atoms with van der Waals surface area (Å²) in [7, 11) is 0. The Morgan fingerprint density at radius 3 is 2.89 bits per heavy atom. The van der Waals surface area contributed by atoms with E-state index in [1.54, 1.807) is 12.4 Å². The van der Waals surface area contributed by atoms with Crippen molar-refractivity contribution in [3.05, 3.63) is 23.8 Å². The largest absolute Gasteiger partial charge is 0.370 e. The summed E-state index contributed by atoms with van der Waals surface area (Å²) in [4.78, 5) is 12.8. The first-order valence-electron chi connectivity index (χ1n) is 6.55. The molecule has 1 heterocycles. The lowest BCUT2D eigenvalue weighted by Gasteiger charge is -2.23. The molecule has 0 aromatic carbocycles. The molecule has 1 fully saturated rings.